The van der Waals surface area contributed by atoms with Gasteiger partial charge < -0.3 is 10.2 Å². The second-order valence-corrected chi connectivity index (χ2v) is 6.06. The summed E-state index contributed by atoms with van der Waals surface area (Å²) in [4.78, 5) is 2.56. The summed E-state index contributed by atoms with van der Waals surface area (Å²) in [6.07, 6.45) is 3.56. The van der Waals surface area contributed by atoms with Crippen molar-refractivity contribution in [2.45, 2.75) is 65.1 Å². The molecular formula is C16H28N2O. The fourth-order valence-corrected chi connectivity index (χ4v) is 3.22. The Morgan fingerprint density at radius 2 is 2.16 bits per heavy atom. The highest BCUT2D eigenvalue weighted by Gasteiger charge is 2.35. The number of hydrogen-bond acceptors (Lipinski definition) is 3. The summed E-state index contributed by atoms with van der Waals surface area (Å²) in [5.41, 5.74) is 6.40. The van der Waals surface area contributed by atoms with Crippen LogP contribution in [0.25, 0.3) is 0 Å². The van der Waals surface area contributed by atoms with Crippen LogP contribution in [0.5, 0.6) is 0 Å². The van der Waals surface area contributed by atoms with Crippen molar-refractivity contribution in [1.29, 1.82) is 0 Å². The third-order valence-corrected chi connectivity index (χ3v) is 4.71. The lowest BCUT2D eigenvalue weighted by Crippen LogP contribution is -2.49. The Morgan fingerprint density at radius 1 is 1.42 bits per heavy atom. The summed E-state index contributed by atoms with van der Waals surface area (Å²) in [5, 5.41) is 0. The number of furan rings is 1. The Kier molecular flexibility index (Phi) is 4.69. The Bertz CT molecular complexity index is 401. The van der Waals surface area contributed by atoms with E-state index in [9.17, 15) is 0 Å². The maximum Gasteiger partial charge on any atom is 0.122 e. The second-order valence-electron chi connectivity index (χ2n) is 6.06. The van der Waals surface area contributed by atoms with E-state index in [1.54, 1.807) is 0 Å². The fraction of sp³-hybridized carbons (Fsp3) is 0.750. The smallest absolute Gasteiger partial charge is 0.122 e. The van der Waals surface area contributed by atoms with E-state index in [1.807, 2.05) is 13.0 Å². The lowest BCUT2D eigenvalue weighted by molar-refractivity contribution is 0.0441. The van der Waals surface area contributed by atoms with Gasteiger partial charge in [0.25, 0.3) is 0 Å². The van der Waals surface area contributed by atoms with Crippen LogP contribution >= 0.6 is 0 Å². The highest BCUT2D eigenvalue weighted by molar-refractivity contribution is 5.13. The Balaban J connectivity index is 2.27. The van der Waals surface area contributed by atoms with Gasteiger partial charge in [-0.05, 0) is 57.7 Å². The van der Waals surface area contributed by atoms with E-state index < -0.39 is 0 Å². The molecule has 1 aromatic rings. The topological polar surface area (TPSA) is 42.4 Å². The molecule has 2 heterocycles. The van der Waals surface area contributed by atoms with Crippen molar-refractivity contribution in [2.24, 2.45) is 11.7 Å². The molecule has 0 saturated carbocycles. The molecule has 1 aromatic heterocycles. The van der Waals surface area contributed by atoms with Crippen LogP contribution in [0.1, 0.15) is 57.6 Å². The summed E-state index contributed by atoms with van der Waals surface area (Å²) in [7, 11) is 0. The standard InChI is InChI=1S/C16H28N2O/c1-5-14(17)16(15-9-8-12(3)19-15)18-10-6-7-11(2)13(18)4/h8-9,11,13-14,16H,5-7,10,17H2,1-4H3. The monoisotopic (exact) mass is 264 g/mol. The molecule has 0 radical (unpaired) electrons. The van der Waals surface area contributed by atoms with E-state index in [1.165, 1.54) is 12.8 Å². The van der Waals surface area contributed by atoms with Gasteiger partial charge in [0.05, 0.1) is 6.04 Å². The molecule has 1 aliphatic rings. The SMILES string of the molecule is CCC(N)C(c1ccc(C)o1)N1CCCC(C)C1C. The molecule has 19 heavy (non-hydrogen) atoms. The first-order valence-electron chi connectivity index (χ1n) is 7.62. The van der Waals surface area contributed by atoms with Gasteiger partial charge in [-0.2, -0.15) is 0 Å². The van der Waals surface area contributed by atoms with E-state index in [0.29, 0.717) is 6.04 Å². The summed E-state index contributed by atoms with van der Waals surface area (Å²) >= 11 is 0. The van der Waals surface area contributed by atoms with Crippen LogP contribution < -0.4 is 5.73 Å². The molecule has 0 bridgehead atoms. The lowest BCUT2D eigenvalue weighted by Gasteiger charge is -2.44. The first kappa shape index (κ1) is 14.6. The van der Waals surface area contributed by atoms with Crippen LogP contribution in [-0.4, -0.2) is 23.5 Å². The summed E-state index contributed by atoms with van der Waals surface area (Å²) in [5.74, 6) is 2.74. The van der Waals surface area contributed by atoms with Gasteiger partial charge >= 0.3 is 0 Å². The number of aryl methyl sites for hydroxylation is 1. The van der Waals surface area contributed by atoms with Gasteiger partial charge in [0.1, 0.15) is 11.5 Å². The number of nitrogens with zero attached hydrogens (tertiary/aromatic N) is 1. The summed E-state index contributed by atoms with van der Waals surface area (Å²) in [6.45, 7) is 9.96. The first-order valence-corrected chi connectivity index (χ1v) is 7.62. The minimum absolute atomic E-state index is 0.137. The van der Waals surface area contributed by atoms with E-state index in [4.69, 9.17) is 10.2 Å². The molecular weight excluding hydrogens is 236 g/mol. The van der Waals surface area contributed by atoms with Gasteiger partial charge in [0.15, 0.2) is 0 Å². The first-order chi connectivity index (χ1) is 9.04. The predicted molar refractivity (Wildman–Crippen MR) is 79.0 cm³/mol. The van der Waals surface area contributed by atoms with Crippen molar-refractivity contribution in [3.63, 3.8) is 0 Å². The molecule has 2 N–H and O–H groups in total. The quantitative estimate of drug-likeness (QED) is 0.905. The van der Waals surface area contributed by atoms with Crippen LogP contribution in [0, 0.1) is 12.8 Å². The van der Waals surface area contributed by atoms with Crippen molar-refractivity contribution >= 4 is 0 Å². The zero-order valence-electron chi connectivity index (χ0n) is 12.7. The van der Waals surface area contributed by atoms with Crippen LogP contribution in [0.4, 0.5) is 0 Å². The van der Waals surface area contributed by atoms with Gasteiger partial charge in [-0.3, -0.25) is 4.90 Å². The third kappa shape index (κ3) is 3.03. The molecule has 1 saturated heterocycles. The molecule has 4 unspecified atom stereocenters. The molecule has 0 aromatic carbocycles. The molecule has 3 nitrogen and oxygen atoms in total. The predicted octanol–water partition coefficient (Wildman–Crippen LogP) is 3.49. The Labute approximate surface area is 117 Å². The molecule has 2 rings (SSSR count). The van der Waals surface area contributed by atoms with E-state index >= 15 is 0 Å². The maximum absolute atomic E-state index is 6.40. The molecule has 108 valence electrons. The van der Waals surface area contributed by atoms with E-state index in [0.717, 1.165) is 30.4 Å². The van der Waals surface area contributed by atoms with Crippen molar-refractivity contribution in [3.05, 3.63) is 23.7 Å². The number of nitrogens with two attached hydrogens (primary N) is 1. The molecule has 0 aliphatic carbocycles. The molecule has 4 atom stereocenters. The number of likely N-dealkylation sites (tertiary alicyclic amines) is 1. The van der Waals surface area contributed by atoms with Gasteiger partial charge in [-0.25, -0.2) is 0 Å². The maximum atomic E-state index is 6.40. The van der Waals surface area contributed by atoms with Crippen LogP contribution in [0.2, 0.25) is 0 Å². The largest absolute Gasteiger partial charge is 0.465 e. The van der Waals surface area contributed by atoms with Crippen molar-refractivity contribution in [1.82, 2.24) is 4.90 Å². The number of rotatable bonds is 4. The normalized spacial score (nSPS) is 28.3. The summed E-state index contributed by atoms with van der Waals surface area (Å²) < 4.78 is 5.88. The number of piperidine rings is 1. The summed E-state index contributed by atoms with van der Waals surface area (Å²) in [6, 6.07) is 5.07. The zero-order valence-corrected chi connectivity index (χ0v) is 12.7. The van der Waals surface area contributed by atoms with Gasteiger partial charge in [-0.1, -0.05) is 13.8 Å². The molecule has 3 heteroatoms. The number of hydrogen-bond donors (Lipinski definition) is 1. The Hall–Kier alpha value is -0.800. The molecule has 0 spiro atoms. The van der Waals surface area contributed by atoms with Crippen molar-refractivity contribution < 1.29 is 4.42 Å². The molecule has 1 aliphatic heterocycles. The minimum Gasteiger partial charge on any atom is -0.465 e. The highest BCUT2D eigenvalue weighted by Crippen LogP contribution is 2.34. The van der Waals surface area contributed by atoms with Crippen LogP contribution in [0.15, 0.2) is 16.5 Å². The molecule has 0 amide bonds. The zero-order chi connectivity index (χ0) is 14.0. The highest BCUT2D eigenvalue weighted by atomic mass is 16.3. The Morgan fingerprint density at radius 3 is 2.74 bits per heavy atom. The fourth-order valence-electron chi connectivity index (χ4n) is 3.22. The van der Waals surface area contributed by atoms with E-state index in [2.05, 4.69) is 31.7 Å². The third-order valence-electron chi connectivity index (χ3n) is 4.71. The van der Waals surface area contributed by atoms with Crippen LogP contribution in [0.3, 0.4) is 0 Å². The molecule has 1 fully saturated rings. The lowest BCUT2D eigenvalue weighted by atomic mass is 9.88. The van der Waals surface area contributed by atoms with Crippen molar-refractivity contribution in [2.75, 3.05) is 6.54 Å². The average Bonchev–Trinajstić information content (AvgIpc) is 2.81. The van der Waals surface area contributed by atoms with Gasteiger partial charge in [0.2, 0.25) is 0 Å². The average molecular weight is 264 g/mol. The van der Waals surface area contributed by atoms with Gasteiger partial charge in [0, 0.05) is 12.1 Å². The van der Waals surface area contributed by atoms with E-state index in [-0.39, 0.29) is 12.1 Å². The van der Waals surface area contributed by atoms with Gasteiger partial charge in [-0.15, -0.1) is 0 Å². The van der Waals surface area contributed by atoms with Crippen molar-refractivity contribution in [3.8, 4) is 0 Å². The minimum atomic E-state index is 0.137. The van der Waals surface area contributed by atoms with Crippen LogP contribution in [-0.2, 0) is 0 Å². The second kappa shape index (κ2) is 6.10.